The topological polar surface area (TPSA) is 0 Å². The normalized spacial score (nSPS) is 11.9. The fourth-order valence-electron chi connectivity index (χ4n) is 1.72. The Bertz CT molecular complexity index is 337. The van der Waals surface area contributed by atoms with Gasteiger partial charge in [0.25, 0.3) is 0 Å². The molecule has 0 nitrogen and oxygen atoms in total. The van der Waals surface area contributed by atoms with E-state index in [1.54, 1.807) is 0 Å². The third-order valence-electron chi connectivity index (χ3n) is 3.22. The molecule has 0 radical (unpaired) electrons. The van der Waals surface area contributed by atoms with Gasteiger partial charge in [-0.15, -0.1) is 0 Å². The van der Waals surface area contributed by atoms with Gasteiger partial charge in [0, 0.05) is 4.75 Å². The SMILES string of the molecule is CSC(C)(C)c1ccc(C)c(C)c1C. The molecule has 0 spiro atoms. The summed E-state index contributed by atoms with van der Waals surface area (Å²) >= 11 is 1.91. The van der Waals surface area contributed by atoms with Gasteiger partial charge in [-0.25, -0.2) is 0 Å². The molecule has 1 aromatic carbocycles. The predicted molar refractivity (Wildman–Crippen MR) is 67.2 cm³/mol. The van der Waals surface area contributed by atoms with E-state index >= 15 is 0 Å². The molecule has 78 valence electrons. The van der Waals surface area contributed by atoms with Crippen molar-refractivity contribution in [3.05, 3.63) is 34.4 Å². The average molecular weight is 208 g/mol. The maximum Gasteiger partial charge on any atom is 0.0352 e. The maximum atomic E-state index is 2.29. The van der Waals surface area contributed by atoms with Crippen molar-refractivity contribution < 1.29 is 0 Å². The Morgan fingerprint density at radius 1 is 1.00 bits per heavy atom. The van der Waals surface area contributed by atoms with Crippen LogP contribution in [0.15, 0.2) is 12.1 Å². The quantitative estimate of drug-likeness (QED) is 0.701. The molecule has 14 heavy (non-hydrogen) atoms. The van der Waals surface area contributed by atoms with Gasteiger partial charge in [0.05, 0.1) is 0 Å². The summed E-state index contributed by atoms with van der Waals surface area (Å²) in [6.07, 6.45) is 2.18. The van der Waals surface area contributed by atoms with Crippen LogP contribution in [0.25, 0.3) is 0 Å². The van der Waals surface area contributed by atoms with Crippen molar-refractivity contribution in [2.45, 2.75) is 39.4 Å². The minimum atomic E-state index is 0.225. The van der Waals surface area contributed by atoms with Crippen LogP contribution in [0.3, 0.4) is 0 Å². The van der Waals surface area contributed by atoms with Crippen LogP contribution in [0.4, 0.5) is 0 Å². The van der Waals surface area contributed by atoms with Gasteiger partial charge in [-0.3, -0.25) is 0 Å². The molecule has 0 atom stereocenters. The summed E-state index contributed by atoms with van der Waals surface area (Å²) in [5.41, 5.74) is 5.74. The Morgan fingerprint density at radius 2 is 1.57 bits per heavy atom. The van der Waals surface area contributed by atoms with Crippen molar-refractivity contribution in [1.29, 1.82) is 0 Å². The highest BCUT2D eigenvalue weighted by atomic mass is 32.2. The van der Waals surface area contributed by atoms with Crippen LogP contribution in [0, 0.1) is 20.8 Å². The molecule has 1 aromatic rings. The van der Waals surface area contributed by atoms with E-state index in [4.69, 9.17) is 0 Å². The molecule has 0 aromatic heterocycles. The van der Waals surface area contributed by atoms with Crippen LogP contribution in [0.2, 0.25) is 0 Å². The van der Waals surface area contributed by atoms with Gasteiger partial charge >= 0.3 is 0 Å². The third-order valence-corrected chi connectivity index (χ3v) is 4.46. The van der Waals surface area contributed by atoms with E-state index in [2.05, 4.69) is 53.0 Å². The zero-order valence-electron chi connectivity index (χ0n) is 10.1. The lowest BCUT2D eigenvalue weighted by molar-refractivity contribution is 0.774. The molecule has 0 bridgehead atoms. The summed E-state index contributed by atoms with van der Waals surface area (Å²) in [7, 11) is 0. The number of aryl methyl sites for hydroxylation is 1. The number of benzene rings is 1. The Morgan fingerprint density at radius 3 is 2.07 bits per heavy atom. The second kappa shape index (κ2) is 3.98. The molecular formula is C13H20S. The van der Waals surface area contributed by atoms with E-state index in [1.807, 2.05) is 11.8 Å². The highest BCUT2D eigenvalue weighted by molar-refractivity contribution is 7.99. The molecule has 1 heteroatoms. The number of hydrogen-bond acceptors (Lipinski definition) is 1. The molecule has 1 rings (SSSR count). The highest BCUT2D eigenvalue weighted by Gasteiger charge is 2.21. The van der Waals surface area contributed by atoms with Crippen LogP contribution in [0.5, 0.6) is 0 Å². The van der Waals surface area contributed by atoms with E-state index in [1.165, 1.54) is 22.3 Å². The van der Waals surface area contributed by atoms with Crippen LogP contribution in [0.1, 0.15) is 36.1 Å². The van der Waals surface area contributed by atoms with Crippen molar-refractivity contribution in [1.82, 2.24) is 0 Å². The first-order valence-corrected chi connectivity index (χ1v) is 6.25. The molecule has 0 aliphatic heterocycles. The fraction of sp³-hybridized carbons (Fsp3) is 0.538. The number of rotatable bonds is 2. The van der Waals surface area contributed by atoms with E-state index in [-0.39, 0.29) is 4.75 Å². The maximum absolute atomic E-state index is 2.29. The van der Waals surface area contributed by atoms with E-state index in [0.717, 1.165) is 0 Å². The first kappa shape index (κ1) is 11.6. The van der Waals surface area contributed by atoms with Gasteiger partial charge in [0.2, 0.25) is 0 Å². The zero-order valence-corrected chi connectivity index (χ0v) is 10.9. The van der Waals surface area contributed by atoms with E-state index in [0.29, 0.717) is 0 Å². The Labute approximate surface area is 92.1 Å². The molecule has 0 fully saturated rings. The molecule has 0 saturated carbocycles. The summed E-state index contributed by atoms with van der Waals surface area (Å²) in [5.74, 6) is 0. The summed E-state index contributed by atoms with van der Waals surface area (Å²) in [5, 5.41) is 0. The lowest BCUT2D eigenvalue weighted by Crippen LogP contribution is -2.14. The predicted octanol–water partition coefficient (Wildman–Crippen LogP) is 4.21. The fourth-order valence-corrected chi connectivity index (χ4v) is 2.16. The first-order valence-electron chi connectivity index (χ1n) is 5.02. The Kier molecular flexibility index (Phi) is 3.31. The van der Waals surface area contributed by atoms with Gasteiger partial charge in [0.15, 0.2) is 0 Å². The lowest BCUT2D eigenvalue weighted by Gasteiger charge is -2.26. The molecule has 0 amide bonds. The lowest BCUT2D eigenvalue weighted by atomic mass is 9.92. The van der Waals surface area contributed by atoms with E-state index in [9.17, 15) is 0 Å². The van der Waals surface area contributed by atoms with Crippen molar-refractivity contribution in [3.63, 3.8) is 0 Å². The molecule has 0 unspecified atom stereocenters. The molecule has 0 N–H and O–H groups in total. The Balaban J connectivity index is 3.31. The van der Waals surface area contributed by atoms with Crippen molar-refractivity contribution in [3.8, 4) is 0 Å². The van der Waals surface area contributed by atoms with E-state index < -0.39 is 0 Å². The van der Waals surface area contributed by atoms with Crippen molar-refractivity contribution in [2.24, 2.45) is 0 Å². The van der Waals surface area contributed by atoms with Crippen molar-refractivity contribution >= 4 is 11.8 Å². The third kappa shape index (κ3) is 1.98. The van der Waals surface area contributed by atoms with Gasteiger partial charge < -0.3 is 0 Å². The summed E-state index contributed by atoms with van der Waals surface area (Å²) in [4.78, 5) is 0. The van der Waals surface area contributed by atoms with Gasteiger partial charge in [-0.2, -0.15) is 11.8 Å². The van der Waals surface area contributed by atoms with Gasteiger partial charge in [0.1, 0.15) is 0 Å². The second-order valence-electron chi connectivity index (χ2n) is 4.39. The first-order chi connectivity index (χ1) is 6.40. The van der Waals surface area contributed by atoms with Crippen LogP contribution in [-0.2, 0) is 4.75 Å². The largest absolute Gasteiger partial charge is 0.154 e. The summed E-state index contributed by atoms with van der Waals surface area (Å²) < 4.78 is 0.225. The molecular weight excluding hydrogens is 188 g/mol. The summed E-state index contributed by atoms with van der Waals surface area (Å²) in [6.45, 7) is 11.2. The minimum Gasteiger partial charge on any atom is -0.154 e. The van der Waals surface area contributed by atoms with Crippen LogP contribution >= 0.6 is 11.8 Å². The highest BCUT2D eigenvalue weighted by Crippen LogP contribution is 2.36. The standard InChI is InChI=1S/C13H20S/c1-9-7-8-12(11(3)10(9)2)13(4,5)14-6/h7-8H,1-6H3. The second-order valence-corrected chi connectivity index (χ2v) is 5.82. The van der Waals surface area contributed by atoms with Gasteiger partial charge in [-0.1, -0.05) is 12.1 Å². The van der Waals surface area contributed by atoms with Gasteiger partial charge in [-0.05, 0) is 63.1 Å². The number of hydrogen-bond donors (Lipinski definition) is 0. The number of thioether (sulfide) groups is 1. The van der Waals surface area contributed by atoms with Crippen LogP contribution < -0.4 is 0 Å². The molecule has 0 saturated heterocycles. The molecule has 0 aliphatic rings. The van der Waals surface area contributed by atoms with Crippen molar-refractivity contribution in [2.75, 3.05) is 6.26 Å². The minimum absolute atomic E-state index is 0.225. The zero-order chi connectivity index (χ0) is 10.9. The Hall–Kier alpha value is -0.430. The monoisotopic (exact) mass is 208 g/mol. The summed E-state index contributed by atoms with van der Waals surface area (Å²) in [6, 6.07) is 4.50. The molecule has 0 heterocycles. The average Bonchev–Trinajstić information content (AvgIpc) is 2.14. The molecule has 0 aliphatic carbocycles. The van der Waals surface area contributed by atoms with Crippen LogP contribution in [-0.4, -0.2) is 6.26 Å². The smallest absolute Gasteiger partial charge is 0.0352 e.